The molecule has 0 aliphatic carbocycles. The number of carboxylic acids is 1. The number of rotatable bonds is 3. The number of carboxylic acid groups (broad SMARTS) is 1. The molecule has 0 aromatic heterocycles. The lowest BCUT2D eigenvalue weighted by molar-refractivity contribution is 0.0696. The summed E-state index contributed by atoms with van der Waals surface area (Å²) in [5.74, 6) is 0.403. The van der Waals surface area contributed by atoms with Crippen LogP contribution in [0, 0.1) is 0 Å². The Hall–Kier alpha value is -0.280. The topological polar surface area (TPSA) is 74.7 Å². The quantitative estimate of drug-likeness (QED) is 0.823. The van der Waals surface area contributed by atoms with Crippen LogP contribution in [0.1, 0.15) is 16.8 Å². The zero-order chi connectivity index (χ0) is 15.6. The molecular formula is C12H13BrClNO4S2. The monoisotopic (exact) mass is 413 g/mol. The molecule has 1 aliphatic heterocycles. The molecule has 1 heterocycles. The molecule has 1 aromatic rings. The van der Waals surface area contributed by atoms with Crippen molar-refractivity contribution >= 4 is 55.3 Å². The van der Waals surface area contributed by atoms with E-state index in [1.54, 1.807) is 11.8 Å². The molecule has 116 valence electrons. The van der Waals surface area contributed by atoms with E-state index in [4.69, 9.17) is 16.7 Å². The average Bonchev–Trinajstić information content (AvgIpc) is 2.70. The van der Waals surface area contributed by atoms with Crippen molar-refractivity contribution in [3.05, 3.63) is 27.2 Å². The summed E-state index contributed by atoms with van der Waals surface area (Å²) in [6, 6.07) is 2.46. The zero-order valence-corrected chi connectivity index (χ0v) is 14.9. The van der Waals surface area contributed by atoms with Crippen LogP contribution >= 0.6 is 39.3 Å². The van der Waals surface area contributed by atoms with Gasteiger partial charge in [-0.05, 0) is 40.2 Å². The van der Waals surface area contributed by atoms with E-state index >= 15 is 0 Å². The molecule has 0 bridgehead atoms. The predicted octanol–water partition coefficient (Wildman–Crippen LogP) is 2.93. The highest BCUT2D eigenvalue weighted by Crippen LogP contribution is 2.31. The molecule has 0 spiro atoms. The summed E-state index contributed by atoms with van der Waals surface area (Å²) >= 11 is 10.7. The fourth-order valence-corrected chi connectivity index (χ4v) is 5.32. The van der Waals surface area contributed by atoms with Gasteiger partial charge in [0.1, 0.15) is 0 Å². The first-order valence-electron chi connectivity index (χ1n) is 6.14. The van der Waals surface area contributed by atoms with Gasteiger partial charge in [-0.1, -0.05) is 11.6 Å². The molecule has 5 nitrogen and oxygen atoms in total. The highest BCUT2D eigenvalue weighted by atomic mass is 79.9. The molecule has 1 aliphatic rings. The Morgan fingerprint density at radius 3 is 2.71 bits per heavy atom. The first-order valence-corrected chi connectivity index (χ1v) is 9.91. The van der Waals surface area contributed by atoms with E-state index in [1.165, 1.54) is 10.4 Å². The van der Waals surface area contributed by atoms with E-state index in [1.807, 2.05) is 0 Å². The molecule has 21 heavy (non-hydrogen) atoms. The van der Waals surface area contributed by atoms with E-state index in [2.05, 4.69) is 15.9 Å². The van der Waals surface area contributed by atoms with E-state index in [-0.39, 0.29) is 20.0 Å². The van der Waals surface area contributed by atoms with Crippen molar-refractivity contribution in [3.63, 3.8) is 0 Å². The first-order chi connectivity index (χ1) is 9.84. The van der Waals surface area contributed by atoms with Gasteiger partial charge in [-0.15, -0.1) is 0 Å². The van der Waals surface area contributed by atoms with Gasteiger partial charge in [0, 0.05) is 23.3 Å². The van der Waals surface area contributed by atoms with Crippen LogP contribution in [0.5, 0.6) is 0 Å². The van der Waals surface area contributed by atoms with Crippen molar-refractivity contribution < 1.29 is 18.3 Å². The maximum atomic E-state index is 12.6. The number of halogens is 2. The minimum Gasteiger partial charge on any atom is -0.478 e. The SMILES string of the molecule is O=C(O)c1cc(S(=O)(=O)N2CCCSCC2)cc(Br)c1Cl. The number of aromatic carboxylic acids is 1. The van der Waals surface area contributed by atoms with Crippen molar-refractivity contribution in [1.82, 2.24) is 4.31 Å². The second-order valence-corrected chi connectivity index (χ2v) is 8.84. The van der Waals surface area contributed by atoms with Crippen molar-refractivity contribution in [2.75, 3.05) is 24.6 Å². The van der Waals surface area contributed by atoms with Crippen LogP contribution < -0.4 is 0 Å². The second-order valence-electron chi connectivity index (χ2n) is 4.44. The van der Waals surface area contributed by atoms with E-state index in [9.17, 15) is 13.2 Å². The van der Waals surface area contributed by atoms with Gasteiger partial charge in [0.05, 0.1) is 15.5 Å². The number of carbonyl (C=O) groups is 1. The van der Waals surface area contributed by atoms with Gasteiger partial charge in [0.15, 0.2) is 0 Å². The highest BCUT2D eigenvalue weighted by molar-refractivity contribution is 9.10. The molecule has 0 radical (unpaired) electrons. The Morgan fingerprint density at radius 2 is 2.05 bits per heavy atom. The fourth-order valence-electron chi connectivity index (χ4n) is 1.98. The van der Waals surface area contributed by atoms with Crippen LogP contribution in [0.25, 0.3) is 0 Å². The summed E-state index contributed by atoms with van der Waals surface area (Å²) in [6.07, 6.45) is 0.782. The average molecular weight is 415 g/mol. The molecule has 1 saturated heterocycles. The van der Waals surface area contributed by atoms with Crippen LogP contribution in [0.2, 0.25) is 5.02 Å². The molecule has 0 saturated carbocycles. The van der Waals surface area contributed by atoms with Crippen LogP contribution in [0.3, 0.4) is 0 Å². The summed E-state index contributed by atoms with van der Waals surface area (Å²) in [5, 5.41) is 9.11. The van der Waals surface area contributed by atoms with Gasteiger partial charge in [-0.3, -0.25) is 0 Å². The molecule has 9 heteroatoms. The fraction of sp³-hybridized carbons (Fsp3) is 0.417. The predicted molar refractivity (Wildman–Crippen MR) is 86.8 cm³/mol. The highest BCUT2D eigenvalue weighted by Gasteiger charge is 2.27. The third-order valence-corrected chi connectivity index (χ3v) is 7.24. The van der Waals surface area contributed by atoms with Gasteiger partial charge in [0.2, 0.25) is 10.0 Å². The molecule has 1 N–H and O–H groups in total. The van der Waals surface area contributed by atoms with Gasteiger partial charge < -0.3 is 5.11 Å². The number of benzene rings is 1. The molecular weight excluding hydrogens is 402 g/mol. The second kappa shape index (κ2) is 6.87. The van der Waals surface area contributed by atoms with Crippen LogP contribution in [0.4, 0.5) is 0 Å². The summed E-state index contributed by atoms with van der Waals surface area (Å²) < 4.78 is 26.9. The summed E-state index contributed by atoms with van der Waals surface area (Å²) in [4.78, 5) is 11.1. The minimum absolute atomic E-state index is 0.00660. The number of nitrogens with zero attached hydrogens (tertiary/aromatic N) is 1. The van der Waals surface area contributed by atoms with Crippen molar-refractivity contribution in [1.29, 1.82) is 0 Å². The molecule has 2 rings (SSSR count). The molecule has 0 unspecified atom stereocenters. The lowest BCUT2D eigenvalue weighted by Crippen LogP contribution is -2.33. The molecule has 1 aromatic carbocycles. The van der Waals surface area contributed by atoms with Crippen molar-refractivity contribution in [3.8, 4) is 0 Å². The van der Waals surface area contributed by atoms with Gasteiger partial charge in [-0.25, -0.2) is 13.2 Å². The largest absolute Gasteiger partial charge is 0.478 e. The Morgan fingerprint density at radius 1 is 1.33 bits per heavy atom. The maximum absolute atomic E-state index is 12.6. The van der Waals surface area contributed by atoms with E-state index in [0.29, 0.717) is 13.1 Å². The summed E-state index contributed by atoms with van der Waals surface area (Å²) in [5.41, 5.74) is -0.228. The maximum Gasteiger partial charge on any atom is 0.337 e. The summed E-state index contributed by atoms with van der Waals surface area (Å²) in [7, 11) is -3.71. The van der Waals surface area contributed by atoms with Crippen LogP contribution in [0.15, 0.2) is 21.5 Å². The van der Waals surface area contributed by atoms with E-state index < -0.39 is 16.0 Å². The Bertz CT molecular complexity index is 657. The normalized spacial score (nSPS) is 17.4. The van der Waals surface area contributed by atoms with Crippen LogP contribution in [-0.4, -0.2) is 48.4 Å². The third kappa shape index (κ3) is 3.73. The number of hydrogen-bond donors (Lipinski definition) is 1. The Labute approximate surface area is 140 Å². The summed E-state index contributed by atoms with van der Waals surface area (Å²) in [6.45, 7) is 0.869. The lowest BCUT2D eigenvalue weighted by Gasteiger charge is -2.20. The van der Waals surface area contributed by atoms with Crippen molar-refractivity contribution in [2.24, 2.45) is 0 Å². The Kier molecular flexibility index (Phi) is 5.59. The van der Waals surface area contributed by atoms with Gasteiger partial charge >= 0.3 is 5.97 Å². The first kappa shape index (κ1) is 17.1. The number of hydrogen-bond acceptors (Lipinski definition) is 4. The number of thioether (sulfide) groups is 1. The smallest absolute Gasteiger partial charge is 0.337 e. The van der Waals surface area contributed by atoms with Crippen LogP contribution in [-0.2, 0) is 10.0 Å². The zero-order valence-electron chi connectivity index (χ0n) is 10.9. The van der Waals surface area contributed by atoms with Crippen molar-refractivity contribution in [2.45, 2.75) is 11.3 Å². The Balaban J connectivity index is 2.46. The number of sulfonamides is 1. The standard InChI is InChI=1S/C12H13BrClNO4S2/c13-10-7-8(6-9(11(10)14)12(16)17)21(18,19)15-2-1-4-20-5-3-15/h6-7H,1-5H2,(H,16,17). The van der Waals surface area contributed by atoms with Gasteiger partial charge in [-0.2, -0.15) is 16.1 Å². The minimum atomic E-state index is -3.71. The van der Waals surface area contributed by atoms with E-state index in [0.717, 1.165) is 24.0 Å². The third-order valence-electron chi connectivity index (χ3n) is 3.05. The molecule has 1 fully saturated rings. The lowest BCUT2D eigenvalue weighted by atomic mass is 10.2. The molecule has 0 atom stereocenters. The molecule has 0 amide bonds. The van der Waals surface area contributed by atoms with Gasteiger partial charge in [0.25, 0.3) is 0 Å².